The summed E-state index contributed by atoms with van der Waals surface area (Å²) in [7, 11) is -3.00. The quantitative estimate of drug-likeness (QED) is 0.588. The number of aliphatic hydroxyl groups excluding tert-OH is 1. The third-order valence-electron chi connectivity index (χ3n) is 2.09. The Balaban J connectivity index is 2.65. The van der Waals surface area contributed by atoms with Gasteiger partial charge in [0.2, 0.25) is 5.91 Å². The molecule has 1 heterocycles. The lowest BCUT2D eigenvalue weighted by molar-refractivity contribution is -0.125. The molecule has 76 valence electrons. The Morgan fingerprint density at radius 3 is 2.62 bits per heavy atom. The van der Waals surface area contributed by atoms with Gasteiger partial charge in [0.05, 0.1) is 17.0 Å². The molecule has 0 spiro atoms. The molecule has 5 nitrogen and oxygen atoms in total. The smallest absolute Gasteiger partial charge is 0.246 e. The molecule has 0 bridgehead atoms. The Kier molecular flexibility index (Phi) is 2.63. The molecule has 1 rings (SSSR count). The summed E-state index contributed by atoms with van der Waals surface area (Å²) in [4.78, 5) is 10.8. The molecule has 6 heteroatoms. The topological polar surface area (TPSA) is 83.5 Å². The van der Waals surface area contributed by atoms with Crippen LogP contribution in [-0.4, -0.2) is 43.1 Å². The number of rotatable bonds is 2. The van der Waals surface area contributed by atoms with Crippen LogP contribution in [0.25, 0.3) is 0 Å². The molecule has 1 unspecified atom stereocenters. The van der Waals surface area contributed by atoms with Gasteiger partial charge in [0.25, 0.3) is 0 Å². The fourth-order valence-corrected chi connectivity index (χ4v) is 3.58. The van der Waals surface area contributed by atoms with Crippen LogP contribution in [0.1, 0.15) is 13.3 Å². The zero-order valence-electron chi connectivity index (χ0n) is 7.41. The van der Waals surface area contributed by atoms with Crippen molar-refractivity contribution in [3.05, 3.63) is 0 Å². The lowest BCUT2D eigenvalue weighted by Crippen LogP contribution is -2.47. The average molecular weight is 207 g/mol. The minimum Gasteiger partial charge on any atom is -0.387 e. The van der Waals surface area contributed by atoms with Crippen molar-refractivity contribution < 1.29 is 18.3 Å². The van der Waals surface area contributed by atoms with Crippen LogP contribution in [-0.2, 0) is 14.6 Å². The van der Waals surface area contributed by atoms with Crippen molar-refractivity contribution in [3.63, 3.8) is 0 Å². The SMILES string of the molecule is CC1(NC(=O)CO)CCS(=O)(=O)C1. The van der Waals surface area contributed by atoms with Gasteiger partial charge < -0.3 is 10.4 Å². The van der Waals surface area contributed by atoms with E-state index in [2.05, 4.69) is 5.32 Å². The Morgan fingerprint density at radius 1 is 1.62 bits per heavy atom. The molecule has 0 aliphatic carbocycles. The summed E-state index contributed by atoms with van der Waals surface area (Å²) >= 11 is 0. The predicted molar refractivity (Wildman–Crippen MR) is 46.9 cm³/mol. The van der Waals surface area contributed by atoms with E-state index < -0.39 is 27.9 Å². The van der Waals surface area contributed by atoms with Gasteiger partial charge in [0.15, 0.2) is 9.84 Å². The highest BCUT2D eigenvalue weighted by Crippen LogP contribution is 2.22. The maximum Gasteiger partial charge on any atom is 0.246 e. The van der Waals surface area contributed by atoms with E-state index in [0.29, 0.717) is 6.42 Å². The molecule has 0 radical (unpaired) electrons. The van der Waals surface area contributed by atoms with Gasteiger partial charge in [0, 0.05) is 0 Å². The fraction of sp³-hybridized carbons (Fsp3) is 0.857. The molecule has 2 N–H and O–H groups in total. The molecule has 1 atom stereocenters. The van der Waals surface area contributed by atoms with E-state index in [1.807, 2.05) is 0 Å². The summed E-state index contributed by atoms with van der Waals surface area (Å²) in [5.41, 5.74) is -0.696. The number of carbonyl (C=O) groups is 1. The highest BCUT2D eigenvalue weighted by atomic mass is 32.2. The second kappa shape index (κ2) is 3.26. The zero-order valence-corrected chi connectivity index (χ0v) is 8.23. The summed E-state index contributed by atoms with van der Waals surface area (Å²) in [6, 6.07) is 0. The minimum absolute atomic E-state index is 0.0360. The lowest BCUT2D eigenvalue weighted by Gasteiger charge is -2.23. The molecule has 1 fully saturated rings. The fourth-order valence-electron chi connectivity index (χ4n) is 1.49. The summed E-state index contributed by atoms with van der Waals surface area (Å²) in [6.45, 7) is 1.07. The molecule has 0 saturated carbocycles. The number of hydrogen-bond acceptors (Lipinski definition) is 4. The molecule has 0 aromatic rings. The first-order valence-corrected chi connectivity index (χ1v) is 5.81. The molecule has 1 saturated heterocycles. The monoisotopic (exact) mass is 207 g/mol. The van der Waals surface area contributed by atoms with Crippen molar-refractivity contribution in [3.8, 4) is 0 Å². The molecule has 1 amide bonds. The highest BCUT2D eigenvalue weighted by molar-refractivity contribution is 7.91. The minimum atomic E-state index is -3.00. The van der Waals surface area contributed by atoms with Crippen molar-refractivity contribution in [1.29, 1.82) is 0 Å². The maximum absolute atomic E-state index is 11.1. The van der Waals surface area contributed by atoms with E-state index in [1.165, 1.54) is 0 Å². The van der Waals surface area contributed by atoms with E-state index in [1.54, 1.807) is 6.92 Å². The van der Waals surface area contributed by atoms with Crippen LogP contribution < -0.4 is 5.32 Å². The second-order valence-corrected chi connectivity index (χ2v) is 5.79. The van der Waals surface area contributed by atoms with Crippen LogP contribution in [0.4, 0.5) is 0 Å². The van der Waals surface area contributed by atoms with E-state index in [4.69, 9.17) is 5.11 Å². The van der Waals surface area contributed by atoms with Gasteiger partial charge in [-0.25, -0.2) is 8.42 Å². The first-order chi connectivity index (χ1) is 5.87. The van der Waals surface area contributed by atoms with Gasteiger partial charge in [-0.1, -0.05) is 0 Å². The van der Waals surface area contributed by atoms with E-state index in [0.717, 1.165) is 0 Å². The molecular formula is C7H13NO4S. The van der Waals surface area contributed by atoms with E-state index in [-0.39, 0.29) is 11.5 Å². The standard InChI is InChI=1S/C7H13NO4S/c1-7(8-6(10)4-9)2-3-13(11,12)5-7/h9H,2-5H2,1H3,(H,8,10). The number of amides is 1. The first-order valence-electron chi connectivity index (χ1n) is 3.99. The Labute approximate surface area is 77.1 Å². The average Bonchev–Trinajstić information content (AvgIpc) is 2.25. The highest BCUT2D eigenvalue weighted by Gasteiger charge is 2.39. The van der Waals surface area contributed by atoms with E-state index >= 15 is 0 Å². The number of carbonyl (C=O) groups excluding carboxylic acids is 1. The van der Waals surface area contributed by atoms with Crippen LogP contribution in [0.2, 0.25) is 0 Å². The van der Waals surface area contributed by atoms with Crippen molar-refractivity contribution in [2.75, 3.05) is 18.1 Å². The van der Waals surface area contributed by atoms with Gasteiger partial charge in [0.1, 0.15) is 6.61 Å². The van der Waals surface area contributed by atoms with Crippen molar-refractivity contribution in [2.24, 2.45) is 0 Å². The van der Waals surface area contributed by atoms with Crippen LogP contribution in [0, 0.1) is 0 Å². The van der Waals surface area contributed by atoms with Crippen LogP contribution in [0.15, 0.2) is 0 Å². The van der Waals surface area contributed by atoms with Crippen LogP contribution in [0.5, 0.6) is 0 Å². The Morgan fingerprint density at radius 2 is 2.23 bits per heavy atom. The van der Waals surface area contributed by atoms with Gasteiger partial charge >= 0.3 is 0 Å². The zero-order chi connectivity index (χ0) is 10.1. The van der Waals surface area contributed by atoms with Gasteiger partial charge in [-0.15, -0.1) is 0 Å². The lowest BCUT2D eigenvalue weighted by atomic mass is 10.0. The van der Waals surface area contributed by atoms with Gasteiger partial charge in [-0.05, 0) is 13.3 Å². The molecule has 0 aromatic heterocycles. The molecule has 0 aromatic carbocycles. The summed E-state index contributed by atoms with van der Waals surface area (Å²) in [5.74, 6) is -0.458. The molecular weight excluding hydrogens is 194 g/mol. The van der Waals surface area contributed by atoms with Gasteiger partial charge in [-0.3, -0.25) is 4.79 Å². The number of aliphatic hydroxyl groups is 1. The summed E-state index contributed by atoms with van der Waals surface area (Å²) < 4.78 is 22.2. The maximum atomic E-state index is 11.1. The first kappa shape index (κ1) is 10.5. The number of hydrogen-bond donors (Lipinski definition) is 2. The van der Waals surface area contributed by atoms with Gasteiger partial charge in [-0.2, -0.15) is 0 Å². The number of sulfone groups is 1. The number of nitrogens with one attached hydrogen (secondary N) is 1. The Hall–Kier alpha value is -0.620. The van der Waals surface area contributed by atoms with Crippen molar-refractivity contribution in [2.45, 2.75) is 18.9 Å². The van der Waals surface area contributed by atoms with Crippen LogP contribution in [0.3, 0.4) is 0 Å². The summed E-state index contributed by atoms with van der Waals surface area (Å²) in [5, 5.41) is 11.0. The normalized spacial score (nSPS) is 31.5. The third-order valence-corrected chi connectivity index (χ3v) is 3.99. The largest absolute Gasteiger partial charge is 0.387 e. The second-order valence-electron chi connectivity index (χ2n) is 3.61. The van der Waals surface area contributed by atoms with Crippen molar-refractivity contribution >= 4 is 15.7 Å². The predicted octanol–water partition coefficient (Wildman–Crippen LogP) is -1.33. The van der Waals surface area contributed by atoms with Crippen LogP contribution >= 0.6 is 0 Å². The third kappa shape index (κ3) is 2.67. The molecule has 13 heavy (non-hydrogen) atoms. The summed E-state index contributed by atoms with van der Waals surface area (Å²) in [6.07, 6.45) is 0.418. The Bertz CT molecular complexity index is 310. The van der Waals surface area contributed by atoms with E-state index in [9.17, 15) is 13.2 Å². The molecule has 1 aliphatic heterocycles. The van der Waals surface area contributed by atoms with Crippen molar-refractivity contribution in [1.82, 2.24) is 5.32 Å². The molecule has 1 aliphatic rings.